The van der Waals surface area contributed by atoms with Crippen LogP contribution in [0, 0.1) is 0 Å². The number of hydrogen-bond acceptors (Lipinski definition) is 3. The van der Waals surface area contributed by atoms with Crippen LogP contribution in [0.2, 0.25) is 0 Å². The second kappa shape index (κ2) is 11.0. The van der Waals surface area contributed by atoms with Gasteiger partial charge in [0.25, 0.3) is 0 Å². The lowest BCUT2D eigenvalue weighted by molar-refractivity contribution is 1.07. The molecule has 0 unspecified atom stereocenters. The number of rotatable bonds is 5. The Hall–Kier alpha value is -5.93. The van der Waals surface area contributed by atoms with Gasteiger partial charge in [0, 0.05) is 16.7 Å². The summed E-state index contributed by atoms with van der Waals surface area (Å²) >= 11 is 0. The predicted molar refractivity (Wildman–Crippen MR) is 182 cm³/mol. The molecular weight excluding hydrogens is 534 g/mol. The lowest BCUT2D eigenvalue weighted by Crippen LogP contribution is -2.00. The van der Waals surface area contributed by atoms with Gasteiger partial charge in [-0.2, -0.15) is 0 Å². The fourth-order valence-corrected chi connectivity index (χ4v) is 6.07. The van der Waals surface area contributed by atoms with Crippen molar-refractivity contribution in [2.45, 2.75) is 0 Å². The molecule has 7 aromatic carbocycles. The van der Waals surface area contributed by atoms with Crippen molar-refractivity contribution in [2.75, 3.05) is 0 Å². The van der Waals surface area contributed by atoms with Crippen molar-refractivity contribution in [2.24, 2.45) is 0 Å². The van der Waals surface area contributed by atoms with Gasteiger partial charge in [-0.15, -0.1) is 0 Å². The molecule has 1 aromatic heterocycles. The Morgan fingerprint density at radius 1 is 0.227 bits per heavy atom. The second-order valence-corrected chi connectivity index (χ2v) is 10.8. The fraction of sp³-hybridized carbons (Fsp3) is 0. The van der Waals surface area contributed by atoms with Gasteiger partial charge >= 0.3 is 0 Å². The van der Waals surface area contributed by atoms with Gasteiger partial charge in [-0.3, -0.25) is 0 Å². The summed E-state index contributed by atoms with van der Waals surface area (Å²) in [7, 11) is 0. The smallest absolute Gasteiger partial charge is 0.164 e. The van der Waals surface area contributed by atoms with Gasteiger partial charge in [0.2, 0.25) is 0 Å². The van der Waals surface area contributed by atoms with Crippen LogP contribution in [0.4, 0.5) is 0 Å². The molecule has 8 rings (SSSR count). The van der Waals surface area contributed by atoms with E-state index in [1.807, 2.05) is 60.7 Å². The third kappa shape index (κ3) is 4.61. The van der Waals surface area contributed by atoms with Crippen molar-refractivity contribution in [1.82, 2.24) is 15.0 Å². The quantitative estimate of drug-likeness (QED) is 0.196. The number of hydrogen-bond donors (Lipinski definition) is 0. The topological polar surface area (TPSA) is 38.7 Å². The summed E-state index contributed by atoms with van der Waals surface area (Å²) in [4.78, 5) is 14.7. The number of nitrogens with zero attached hydrogens (tertiary/aromatic N) is 3. The molecular formula is C41H27N3. The minimum atomic E-state index is 0.649. The van der Waals surface area contributed by atoms with E-state index in [9.17, 15) is 0 Å². The molecule has 206 valence electrons. The first-order valence-corrected chi connectivity index (χ1v) is 14.8. The molecule has 0 fully saturated rings. The van der Waals surface area contributed by atoms with E-state index in [1.54, 1.807) is 0 Å². The van der Waals surface area contributed by atoms with Gasteiger partial charge in [-0.1, -0.05) is 164 Å². The number of aromatic nitrogens is 3. The Morgan fingerprint density at radius 2 is 0.500 bits per heavy atom. The van der Waals surface area contributed by atoms with Gasteiger partial charge in [-0.25, -0.2) is 15.0 Å². The summed E-state index contributed by atoms with van der Waals surface area (Å²) in [5, 5.41) is 4.98. The average Bonchev–Trinajstić information content (AvgIpc) is 3.12. The van der Waals surface area contributed by atoms with Crippen molar-refractivity contribution in [3.63, 3.8) is 0 Å². The third-order valence-corrected chi connectivity index (χ3v) is 8.13. The molecule has 0 bridgehead atoms. The summed E-state index contributed by atoms with van der Waals surface area (Å²) in [6, 6.07) is 57.0. The third-order valence-electron chi connectivity index (χ3n) is 8.13. The van der Waals surface area contributed by atoms with Crippen LogP contribution in [0.25, 0.3) is 78.0 Å². The van der Waals surface area contributed by atoms with E-state index in [-0.39, 0.29) is 0 Å². The standard InChI is InChI=1S/C41H27N3/c1-4-14-28(15-5-1)37-35-22-12-10-20-33(35)34-21-11-13-23-36(34)38(37)29-24-26-32(27-25-29)41-43-39(30-16-6-2-7-17-30)42-40(44-41)31-18-8-3-9-19-31/h1-27H. The van der Waals surface area contributed by atoms with Gasteiger partial charge in [0.05, 0.1) is 0 Å². The molecule has 0 saturated carbocycles. The first kappa shape index (κ1) is 25.8. The van der Waals surface area contributed by atoms with Crippen LogP contribution in [0.5, 0.6) is 0 Å². The van der Waals surface area contributed by atoms with Crippen LogP contribution >= 0.6 is 0 Å². The van der Waals surface area contributed by atoms with Gasteiger partial charge in [-0.05, 0) is 43.8 Å². The molecule has 0 saturated heterocycles. The van der Waals surface area contributed by atoms with E-state index >= 15 is 0 Å². The Kier molecular flexibility index (Phi) is 6.47. The molecule has 0 amide bonds. The van der Waals surface area contributed by atoms with Crippen LogP contribution in [0.3, 0.4) is 0 Å². The highest BCUT2D eigenvalue weighted by Gasteiger charge is 2.18. The predicted octanol–water partition coefficient (Wildman–Crippen LogP) is 10.5. The van der Waals surface area contributed by atoms with Crippen LogP contribution in [0.15, 0.2) is 164 Å². The minimum Gasteiger partial charge on any atom is -0.208 e. The summed E-state index contributed by atoms with van der Waals surface area (Å²) in [5.41, 5.74) is 7.67. The van der Waals surface area contributed by atoms with Gasteiger partial charge in [0.15, 0.2) is 17.5 Å². The van der Waals surface area contributed by atoms with Crippen molar-refractivity contribution < 1.29 is 0 Å². The maximum absolute atomic E-state index is 4.94. The van der Waals surface area contributed by atoms with Crippen LogP contribution in [-0.4, -0.2) is 15.0 Å². The van der Waals surface area contributed by atoms with Gasteiger partial charge < -0.3 is 0 Å². The zero-order valence-corrected chi connectivity index (χ0v) is 23.9. The maximum Gasteiger partial charge on any atom is 0.164 e. The van der Waals surface area contributed by atoms with E-state index < -0.39 is 0 Å². The number of benzene rings is 7. The monoisotopic (exact) mass is 561 g/mol. The summed E-state index contributed by atoms with van der Waals surface area (Å²) < 4.78 is 0. The van der Waals surface area contributed by atoms with E-state index in [4.69, 9.17) is 15.0 Å². The maximum atomic E-state index is 4.94. The SMILES string of the molecule is c1ccc(-c2nc(-c3ccccc3)nc(-c3ccc(-c4c(-c5ccccc5)c5ccccc5c5ccccc45)cc3)n2)cc1. The first-order chi connectivity index (χ1) is 21.8. The summed E-state index contributed by atoms with van der Waals surface area (Å²) in [5.74, 6) is 1.96. The Morgan fingerprint density at radius 3 is 0.909 bits per heavy atom. The van der Waals surface area contributed by atoms with Gasteiger partial charge in [0.1, 0.15) is 0 Å². The lowest BCUT2D eigenvalue weighted by Gasteiger charge is -2.18. The Bertz CT molecular complexity index is 2190. The zero-order chi connectivity index (χ0) is 29.3. The second-order valence-electron chi connectivity index (χ2n) is 10.8. The number of fused-ring (bicyclic) bond motifs is 3. The van der Waals surface area contributed by atoms with E-state index in [2.05, 4.69) is 103 Å². The Labute approximate surface area is 256 Å². The molecule has 3 nitrogen and oxygen atoms in total. The first-order valence-electron chi connectivity index (χ1n) is 14.8. The largest absolute Gasteiger partial charge is 0.208 e. The van der Waals surface area contributed by atoms with Crippen molar-refractivity contribution >= 4 is 21.5 Å². The molecule has 3 heteroatoms. The molecule has 0 radical (unpaired) electrons. The average molecular weight is 562 g/mol. The molecule has 0 aliphatic carbocycles. The minimum absolute atomic E-state index is 0.649. The van der Waals surface area contributed by atoms with Crippen molar-refractivity contribution in [3.05, 3.63) is 164 Å². The van der Waals surface area contributed by atoms with Crippen LogP contribution < -0.4 is 0 Å². The highest BCUT2D eigenvalue weighted by atomic mass is 15.0. The van der Waals surface area contributed by atoms with Crippen LogP contribution in [0.1, 0.15) is 0 Å². The van der Waals surface area contributed by atoms with E-state index in [0.29, 0.717) is 17.5 Å². The normalized spacial score (nSPS) is 11.2. The molecule has 0 spiro atoms. The lowest BCUT2D eigenvalue weighted by atomic mass is 9.85. The zero-order valence-electron chi connectivity index (χ0n) is 23.9. The molecule has 44 heavy (non-hydrogen) atoms. The summed E-state index contributed by atoms with van der Waals surface area (Å²) in [6.07, 6.45) is 0. The van der Waals surface area contributed by atoms with E-state index in [1.165, 1.54) is 38.2 Å². The molecule has 0 N–H and O–H groups in total. The molecule has 0 atom stereocenters. The highest BCUT2D eigenvalue weighted by molar-refractivity contribution is 6.21. The molecule has 8 aromatic rings. The Balaban J connectivity index is 1.32. The molecule has 0 aliphatic rings. The van der Waals surface area contributed by atoms with Crippen LogP contribution in [-0.2, 0) is 0 Å². The summed E-state index contributed by atoms with van der Waals surface area (Å²) in [6.45, 7) is 0. The highest BCUT2D eigenvalue weighted by Crippen LogP contribution is 2.44. The van der Waals surface area contributed by atoms with E-state index in [0.717, 1.165) is 22.3 Å². The molecule has 0 aliphatic heterocycles. The van der Waals surface area contributed by atoms with Crippen molar-refractivity contribution in [1.29, 1.82) is 0 Å². The van der Waals surface area contributed by atoms with Crippen molar-refractivity contribution in [3.8, 4) is 56.4 Å². The molecule has 1 heterocycles. The fourth-order valence-electron chi connectivity index (χ4n) is 6.07.